The van der Waals surface area contributed by atoms with Crippen LogP contribution in [0.15, 0.2) is 52.4 Å². The molecule has 0 saturated carbocycles. The van der Waals surface area contributed by atoms with Crippen LogP contribution in [0.3, 0.4) is 0 Å². The summed E-state index contributed by atoms with van der Waals surface area (Å²) in [6.45, 7) is 1.85. The molecule has 0 radical (unpaired) electrons. The molecule has 0 fully saturated rings. The summed E-state index contributed by atoms with van der Waals surface area (Å²) in [5, 5.41) is 13.0. The minimum atomic E-state index is -0.564. The molecule has 10 heteroatoms. The first-order valence-electron chi connectivity index (χ1n) is 9.27. The summed E-state index contributed by atoms with van der Waals surface area (Å²) in [4.78, 5) is 45.4. The van der Waals surface area contributed by atoms with Crippen molar-refractivity contribution in [2.24, 2.45) is 15.7 Å². The number of nitro groups is 1. The summed E-state index contributed by atoms with van der Waals surface area (Å²) in [5.41, 5.74) is 8.15. The van der Waals surface area contributed by atoms with Crippen LogP contribution in [-0.4, -0.2) is 44.8 Å². The zero-order valence-corrected chi connectivity index (χ0v) is 17.2. The summed E-state index contributed by atoms with van der Waals surface area (Å²) in [5.74, 6) is 0.185. The molecule has 1 aliphatic heterocycles. The molecule has 3 aromatic rings. The van der Waals surface area contributed by atoms with Gasteiger partial charge in [-0.2, -0.15) is 0 Å². The van der Waals surface area contributed by atoms with Gasteiger partial charge >= 0.3 is 0 Å². The Labute approximate surface area is 180 Å². The smallest absolute Gasteiger partial charge is 0.270 e. The molecular formula is C21H17N5O4S. The largest absolute Gasteiger partial charge is 0.364 e. The Kier molecular flexibility index (Phi) is 5.38. The molecule has 0 saturated heterocycles. The van der Waals surface area contributed by atoms with Gasteiger partial charge in [0.15, 0.2) is 5.84 Å². The fourth-order valence-corrected chi connectivity index (χ4v) is 3.88. The minimum Gasteiger partial charge on any atom is -0.364 e. The summed E-state index contributed by atoms with van der Waals surface area (Å²) >= 11 is 1.32. The maximum atomic E-state index is 11.5. The highest BCUT2D eigenvalue weighted by Gasteiger charge is 2.18. The Balaban J connectivity index is 1.73. The lowest BCUT2D eigenvalue weighted by molar-refractivity contribution is -0.384. The van der Waals surface area contributed by atoms with Gasteiger partial charge < -0.3 is 10.7 Å². The Morgan fingerprint density at radius 3 is 2.65 bits per heavy atom. The van der Waals surface area contributed by atoms with E-state index in [1.165, 1.54) is 30.8 Å². The number of aliphatic imine (C=N–C) groups is 2. The molecule has 1 amide bonds. The lowest BCUT2D eigenvalue weighted by atomic mass is 10.0. The number of H-pyrrole nitrogens is 1. The summed E-state index contributed by atoms with van der Waals surface area (Å²) < 4.78 is 0. The van der Waals surface area contributed by atoms with Crippen molar-refractivity contribution in [3.63, 3.8) is 0 Å². The summed E-state index contributed by atoms with van der Waals surface area (Å²) in [6, 6.07) is 11.8. The number of hydrogen-bond donors (Lipinski definition) is 2. The zero-order chi connectivity index (χ0) is 22.1. The molecule has 31 heavy (non-hydrogen) atoms. The third-order valence-corrected chi connectivity index (χ3v) is 5.75. The van der Waals surface area contributed by atoms with Crippen LogP contribution in [0, 0.1) is 10.1 Å². The van der Waals surface area contributed by atoms with Crippen molar-refractivity contribution in [3.8, 4) is 11.1 Å². The molecule has 2 aromatic carbocycles. The van der Waals surface area contributed by atoms with E-state index < -0.39 is 10.8 Å². The molecule has 3 N–H and O–H groups in total. The molecule has 1 aromatic heterocycles. The van der Waals surface area contributed by atoms with Gasteiger partial charge in [-0.1, -0.05) is 6.07 Å². The van der Waals surface area contributed by atoms with Gasteiger partial charge in [-0.15, -0.1) is 11.8 Å². The molecule has 4 rings (SSSR count). The number of rotatable bonds is 6. The van der Waals surface area contributed by atoms with Gasteiger partial charge in [0.25, 0.3) is 11.6 Å². The van der Waals surface area contributed by atoms with E-state index in [1.807, 2.05) is 6.07 Å². The Morgan fingerprint density at radius 2 is 1.94 bits per heavy atom. The number of ketones is 1. The van der Waals surface area contributed by atoms with Gasteiger partial charge in [0.05, 0.1) is 22.3 Å². The van der Waals surface area contributed by atoms with Crippen molar-refractivity contribution < 1.29 is 14.5 Å². The highest BCUT2D eigenvalue weighted by molar-refractivity contribution is 8.14. The second kappa shape index (κ2) is 8.15. The van der Waals surface area contributed by atoms with Crippen LogP contribution in [0.5, 0.6) is 0 Å². The summed E-state index contributed by atoms with van der Waals surface area (Å²) in [6.07, 6.45) is 0. The van der Waals surface area contributed by atoms with Gasteiger partial charge in [-0.3, -0.25) is 24.7 Å². The Bertz CT molecular complexity index is 1310. The molecule has 0 aliphatic carbocycles. The predicted octanol–water partition coefficient (Wildman–Crippen LogP) is 3.32. The fourth-order valence-electron chi connectivity index (χ4n) is 3.21. The number of aromatic nitrogens is 1. The highest BCUT2D eigenvalue weighted by atomic mass is 32.2. The van der Waals surface area contributed by atoms with Crippen LogP contribution in [0.4, 0.5) is 5.69 Å². The van der Waals surface area contributed by atoms with E-state index in [4.69, 9.17) is 5.73 Å². The van der Waals surface area contributed by atoms with Crippen LogP contribution in [0.25, 0.3) is 22.0 Å². The number of aromatic amines is 1. The van der Waals surface area contributed by atoms with E-state index in [0.717, 1.165) is 16.5 Å². The third-order valence-electron chi connectivity index (χ3n) is 4.64. The number of benzene rings is 2. The van der Waals surface area contributed by atoms with Crippen molar-refractivity contribution >= 4 is 50.9 Å². The second-order valence-corrected chi connectivity index (χ2v) is 8.06. The first-order valence-corrected chi connectivity index (χ1v) is 10.3. The number of Topliss-reactive ketones (excluding diaryl/α,β-unsaturated/α-hetero) is 1. The number of thioether (sulfide) groups is 1. The average molecular weight is 435 g/mol. The standard InChI is InChI=1S/C21H17N5O4S/c1-11(27)10-31-19-9-23-21(25-19)15-5-13(6-16(7-15)26(29)30)12-2-3-17-14(4-12)8-18(24-17)20(22)28/h2-8,24H,9-10H2,1H3,(H2,22,28). The highest BCUT2D eigenvalue weighted by Crippen LogP contribution is 2.30. The maximum Gasteiger partial charge on any atom is 0.270 e. The van der Waals surface area contributed by atoms with Crippen molar-refractivity contribution in [2.45, 2.75) is 6.92 Å². The number of nitro benzene ring substituents is 1. The normalized spacial score (nSPS) is 13.2. The number of primary amides is 1. The van der Waals surface area contributed by atoms with Crippen molar-refractivity contribution in [1.29, 1.82) is 0 Å². The Hall–Kier alpha value is -3.79. The number of amidine groups is 1. The number of amides is 1. The van der Waals surface area contributed by atoms with Crippen LogP contribution < -0.4 is 5.73 Å². The summed E-state index contributed by atoms with van der Waals surface area (Å²) in [7, 11) is 0. The van der Waals surface area contributed by atoms with Crippen molar-refractivity contribution in [3.05, 3.63) is 63.8 Å². The van der Waals surface area contributed by atoms with Gasteiger partial charge in [0.1, 0.15) is 11.5 Å². The minimum absolute atomic E-state index is 0.0402. The molecule has 9 nitrogen and oxygen atoms in total. The van der Waals surface area contributed by atoms with Crippen LogP contribution >= 0.6 is 11.8 Å². The average Bonchev–Trinajstić information content (AvgIpc) is 3.38. The lowest BCUT2D eigenvalue weighted by Crippen LogP contribution is -2.10. The number of nitrogens with zero attached hydrogens (tertiary/aromatic N) is 3. The predicted molar refractivity (Wildman–Crippen MR) is 121 cm³/mol. The first kappa shape index (κ1) is 20.5. The van der Waals surface area contributed by atoms with E-state index >= 15 is 0 Å². The van der Waals surface area contributed by atoms with Crippen LogP contribution in [0.2, 0.25) is 0 Å². The van der Waals surface area contributed by atoms with E-state index in [2.05, 4.69) is 15.0 Å². The van der Waals surface area contributed by atoms with E-state index in [1.54, 1.807) is 24.3 Å². The molecule has 0 atom stereocenters. The molecular weight excluding hydrogens is 418 g/mol. The van der Waals surface area contributed by atoms with Gasteiger partial charge in [0.2, 0.25) is 0 Å². The lowest BCUT2D eigenvalue weighted by Gasteiger charge is -2.06. The number of carbonyl (C=O) groups excluding carboxylic acids is 2. The van der Waals surface area contributed by atoms with Crippen LogP contribution in [-0.2, 0) is 4.79 Å². The van der Waals surface area contributed by atoms with E-state index in [-0.39, 0.29) is 17.2 Å². The van der Waals surface area contributed by atoms with Crippen LogP contribution in [0.1, 0.15) is 23.0 Å². The number of fused-ring (bicyclic) bond motifs is 1. The number of nitrogens with two attached hydrogens (primary N) is 1. The maximum absolute atomic E-state index is 11.5. The van der Waals surface area contributed by atoms with Gasteiger partial charge in [0, 0.05) is 28.6 Å². The van der Waals surface area contributed by atoms with Crippen molar-refractivity contribution in [1.82, 2.24) is 4.98 Å². The number of nitrogens with one attached hydrogen (secondary N) is 1. The van der Waals surface area contributed by atoms with E-state index in [9.17, 15) is 19.7 Å². The van der Waals surface area contributed by atoms with Gasteiger partial charge in [-0.05, 0) is 42.3 Å². The number of hydrogen-bond acceptors (Lipinski definition) is 7. The zero-order valence-electron chi connectivity index (χ0n) is 16.4. The molecule has 156 valence electrons. The molecule has 2 heterocycles. The first-order chi connectivity index (χ1) is 14.8. The van der Waals surface area contributed by atoms with E-state index in [0.29, 0.717) is 34.3 Å². The molecule has 0 unspecified atom stereocenters. The third kappa shape index (κ3) is 4.38. The SMILES string of the molecule is CC(=O)CSC1=NC(c2cc(-c3ccc4[nH]c(C(N)=O)cc4c3)cc([N+](=O)[O-])c2)=NC1. The molecule has 0 spiro atoms. The van der Waals surface area contributed by atoms with Gasteiger partial charge in [-0.25, -0.2) is 4.99 Å². The number of carbonyl (C=O) groups is 2. The quantitative estimate of drug-likeness (QED) is 0.451. The van der Waals surface area contributed by atoms with Crippen molar-refractivity contribution in [2.75, 3.05) is 12.3 Å². The monoisotopic (exact) mass is 435 g/mol. The fraction of sp³-hybridized carbons (Fsp3) is 0.143. The number of non-ortho nitro benzene ring substituents is 1. The second-order valence-electron chi connectivity index (χ2n) is 7.01. The molecule has 0 bridgehead atoms. The molecule has 1 aliphatic rings. The Morgan fingerprint density at radius 1 is 1.16 bits per heavy atom. The topological polar surface area (TPSA) is 144 Å².